The van der Waals surface area contributed by atoms with Crippen LogP contribution in [0, 0.1) is 23.7 Å². The summed E-state index contributed by atoms with van der Waals surface area (Å²) in [6.07, 6.45) is 10.9. The molecular weight excluding hydrogens is 238 g/mol. The first-order valence-corrected chi connectivity index (χ1v) is 7.42. The van der Waals surface area contributed by atoms with Gasteiger partial charge >= 0.3 is 0 Å². The summed E-state index contributed by atoms with van der Waals surface area (Å²) in [5.74, 6) is 4.09. The van der Waals surface area contributed by atoms with E-state index < -0.39 is 0 Å². The Bertz CT molecular complexity index is 408. The molecule has 4 heteroatoms. The molecule has 3 fully saturated rings. The molecule has 1 heterocycles. The van der Waals surface area contributed by atoms with Gasteiger partial charge in [-0.15, -0.1) is 6.42 Å². The lowest BCUT2D eigenvalue weighted by Crippen LogP contribution is -2.72. The zero-order chi connectivity index (χ0) is 13.3. The first kappa shape index (κ1) is 12.8. The van der Waals surface area contributed by atoms with Crippen molar-refractivity contribution in [1.82, 2.24) is 10.6 Å². The smallest absolute Gasteiger partial charge is 0.192 e. The molecule has 2 aliphatic carbocycles. The Kier molecular flexibility index (Phi) is 3.40. The van der Waals surface area contributed by atoms with Gasteiger partial charge in [0.1, 0.15) is 6.54 Å². The van der Waals surface area contributed by atoms with Gasteiger partial charge in [0.05, 0.1) is 6.10 Å². The fraction of sp³-hybridized carbons (Fsp3) is 0.800. The van der Waals surface area contributed by atoms with Crippen molar-refractivity contribution < 1.29 is 4.74 Å². The van der Waals surface area contributed by atoms with Crippen LogP contribution < -0.4 is 10.6 Å². The Morgan fingerprint density at radius 2 is 2.37 bits per heavy atom. The maximum Gasteiger partial charge on any atom is 0.192 e. The van der Waals surface area contributed by atoms with Gasteiger partial charge in [-0.2, -0.15) is 0 Å². The van der Waals surface area contributed by atoms with E-state index in [0.29, 0.717) is 30.0 Å². The van der Waals surface area contributed by atoms with Gasteiger partial charge in [0.15, 0.2) is 5.96 Å². The van der Waals surface area contributed by atoms with Crippen LogP contribution >= 0.6 is 0 Å². The van der Waals surface area contributed by atoms with Crippen molar-refractivity contribution in [2.45, 2.75) is 44.8 Å². The fourth-order valence-electron chi connectivity index (χ4n) is 4.05. The van der Waals surface area contributed by atoms with Crippen LogP contribution in [0.1, 0.15) is 32.6 Å². The Hall–Kier alpha value is -1.21. The molecule has 3 unspecified atom stereocenters. The maximum absolute atomic E-state index is 5.93. The van der Waals surface area contributed by atoms with Crippen LogP contribution in [0.15, 0.2) is 4.99 Å². The Morgan fingerprint density at radius 1 is 1.53 bits per heavy atom. The highest BCUT2D eigenvalue weighted by molar-refractivity contribution is 5.80. The second-order valence-electron chi connectivity index (χ2n) is 5.85. The van der Waals surface area contributed by atoms with Crippen molar-refractivity contribution in [3.8, 4) is 12.3 Å². The Labute approximate surface area is 115 Å². The van der Waals surface area contributed by atoms with Crippen molar-refractivity contribution in [2.24, 2.45) is 16.3 Å². The fourth-order valence-corrected chi connectivity index (χ4v) is 4.05. The second-order valence-corrected chi connectivity index (χ2v) is 5.85. The Balaban J connectivity index is 1.69. The molecule has 0 radical (unpaired) electrons. The predicted octanol–water partition coefficient (Wildman–Crippen LogP) is 1.13. The summed E-state index contributed by atoms with van der Waals surface area (Å²) in [6, 6.07) is 0.518. The molecule has 104 valence electrons. The third kappa shape index (κ3) is 1.92. The van der Waals surface area contributed by atoms with E-state index in [2.05, 4.69) is 28.5 Å². The van der Waals surface area contributed by atoms with Crippen LogP contribution in [0.3, 0.4) is 0 Å². The number of hydrogen-bond acceptors (Lipinski definition) is 2. The van der Waals surface area contributed by atoms with Crippen LogP contribution in [0.4, 0.5) is 0 Å². The lowest BCUT2D eigenvalue weighted by atomic mass is 9.46. The van der Waals surface area contributed by atoms with E-state index in [1.54, 1.807) is 0 Å². The summed E-state index contributed by atoms with van der Waals surface area (Å²) < 4.78 is 5.93. The van der Waals surface area contributed by atoms with Crippen molar-refractivity contribution in [2.75, 3.05) is 19.7 Å². The summed E-state index contributed by atoms with van der Waals surface area (Å²) in [4.78, 5) is 4.41. The Morgan fingerprint density at radius 3 is 3.00 bits per heavy atom. The molecule has 2 N–H and O–H groups in total. The largest absolute Gasteiger partial charge is 0.377 e. The number of hydrogen-bond donors (Lipinski definition) is 2. The summed E-state index contributed by atoms with van der Waals surface area (Å²) >= 11 is 0. The SMILES string of the molecule is C#CCN=C(NCC)NC1C2CCOC2C12CCC2. The number of nitrogens with zero attached hydrogens (tertiary/aromatic N) is 1. The highest BCUT2D eigenvalue weighted by atomic mass is 16.5. The van der Waals surface area contributed by atoms with Gasteiger partial charge in [-0.05, 0) is 26.2 Å². The van der Waals surface area contributed by atoms with Crippen molar-refractivity contribution >= 4 is 5.96 Å². The van der Waals surface area contributed by atoms with Gasteiger partial charge in [-0.25, -0.2) is 4.99 Å². The molecule has 0 aromatic rings. The number of fused-ring (bicyclic) bond motifs is 2. The van der Waals surface area contributed by atoms with Gasteiger partial charge < -0.3 is 15.4 Å². The minimum atomic E-state index is 0.382. The number of guanidine groups is 1. The number of rotatable bonds is 3. The maximum atomic E-state index is 5.93. The van der Waals surface area contributed by atoms with E-state index in [4.69, 9.17) is 11.2 Å². The van der Waals surface area contributed by atoms with E-state index in [-0.39, 0.29) is 0 Å². The van der Waals surface area contributed by atoms with Crippen molar-refractivity contribution in [3.63, 3.8) is 0 Å². The third-order valence-corrected chi connectivity index (χ3v) is 5.00. The zero-order valence-electron chi connectivity index (χ0n) is 11.6. The van der Waals surface area contributed by atoms with E-state index in [0.717, 1.165) is 19.1 Å². The van der Waals surface area contributed by atoms with Gasteiger partial charge in [-0.1, -0.05) is 12.3 Å². The summed E-state index contributed by atoms with van der Waals surface area (Å²) in [5, 5.41) is 6.90. The molecule has 3 atom stereocenters. The normalized spacial score (nSPS) is 34.9. The molecule has 0 bridgehead atoms. The molecule has 3 rings (SSSR count). The number of terminal acetylenes is 1. The van der Waals surface area contributed by atoms with Crippen LogP contribution in [0.2, 0.25) is 0 Å². The molecule has 4 nitrogen and oxygen atoms in total. The van der Waals surface area contributed by atoms with Crippen molar-refractivity contribution in [3.05, 3.63) is 0 Å². The van der Waals surface area contributed by atoms with Crippen LogP contribution in [0.5, 0.6) is 0 Å². The van der Waals surface area contributed by atoms with E-state index >= 15 is 0 Å². The molecule has 0 amide bonds. The molecule has 19 heavy (non-hydrogen) atoms. The molecular formula is C15H23N3O. The van der Waals surface area contributed by atoms with Gasteiger partial charge in [-0.3, -0.25) is 0 Å². The standard InChI is InChI=1S/C15H23N3O/c1-3-9-17-14(16-4-2)18-12-11-6-10-19-13(11)15(12)7-5-8-15/h1,11-13H,4-10H2,2H3,(H2,16,17,18). The first-order chi connectivity index (χ1) is 9.31. The van der Waals surface area contributed by atoms with Gasteiger partial charge in [0, 0.05) is 30.5 Å². The minimum absolute atomic E-state index is 0.382. The molecule has 0 aromatic carbocycles. The number of nitrogens with one attached hydrogen (secondary N) is 2. The average molecular weight is 261 g/mol. The topological polar surface area (TPSA) is 45.7 Å². The zero-order valence-corrected chi connectivity index (χ0v) is 11.6. The molecule has 3 aliphatic rings. The van der Waals surface area contributed by atoms with Crippen LogP contribution in [0.25, 0.3) is 0 Å². The molecule has 1 saturated heterocycles. The van der Waals surface area contributed by atoms with Crippen LogP contribution in [-0.4, -0.2) is 37.8 Å². The molecule has 1 spiro atoms. The quantitative estimate of drug-likeness (QED) is 0.455. The highest BCUT2D eigenvalue weighted by Gasteiger charge is 2.66. The predicted molar refractivity (Wildman–Crippen MR) is 75.9 cm³/mol. The average Bonchev–Trinajstić information content (AvgIpc) is 2.76. The van der Waals surface area contributed by atoms with Gasteiger partial charge in [0.2, 0.25) is 0 Å². The summed E-state index contributed by atoms with van der Waals surface area (Å²) in [7, 11) is 0. The first-order valence-electron chi connectivity index (χ1n) is 7.42. The highest BCUT2D eigenvalue weighted by Crippen LogP contribution is 2.62. The number of aliphatic imine (C=N–C) groups is 1. The van der Waals surface area contributed by atoms with E-state index in [1.807, 2.05) is 0 Å². The summed E-state index contributed by atoms with van der Waals surface area (Å²) in [5.41, 5.74) is 0.382. The van der Waals surface area contributed by atoms with Gasteiger partial charge in [0.25, 0.3) is 0 Å². The van der Waals surface area contributed by atoms with Crippen molar-refractivity contribution in [1.29, 1.82) is 0 Å². The summed E-state index contributed by atoms with van der Waals surface area (Å²) in [6.45, 7) is 4.29. The lowest BCUT2D eigenvalue weighted by molar-refractivity contribution is -0.171. The van der Waals surface area contributed by atoms with E-state index in [9.17, 15) is 0 Å². The molecule has 1 aliphatic heterocycles. The molecule has 2 saturated carbocycles. The third-order valence-electron chi connectivity index (χ3n) is 5.00. The van der Waals surface area contributed by atoms with Crippen LogP contribution in [-0.2, 0) is 4.74 Å². The van der Waals surface area contributed by atoms with E-state index in [1.165, 1.54) is 25.7 Å². The monoisotopic (exact) mass is 261 g/mol. The number of ether oxygens (including phenoxy) is 1. The lowest BCUT2D eigenvalue weighted by Gasteiger charge is -2.63. The minimum Gasteiger partial charge on any atom is -0.377 e. The molecule has 0 aromatic heterocycles. The second kappa shape index (κ2) is 5.05.